The third-order valence-electron chi connectivity index (χ3n) is 2.10. The van der Waals surface area contributed by atoms with Gasteiger partial charge in [-0.2, -0.15) is 5.10 Å². The fraction of sp³-hybridized carbons (Fsp3) is 0.500. The van der Waals surface area contributed by atoms with Gasteiger partial charge in [0.15, 0.2) is 0 Å². The van der Waals surface area contributed by atoms with Crippen molar-refractivity contribution < 1.29 is 4.74 Å². The van der Waals surface area contributed by atoms with Gasteiger partial charge in [0, 0.05) is 9.75 Å². The molecule has 2 rings (SSSR count). The second-order valence-electron chi connectivity index (χ2n) is 3.26. The summed E-state index contributed by atoms with van der Waals surface area (Å²) in [6.07, 6.45) is 1.93. The molecule has 2 heterocycles. The lowest BCUT2D eigenvalue weighted by Gasteiger charge is -2.23. The number of nitrogens with zero attached hydrogens (tertiary/aromatic N) is 2. The maximum absolute atomic E-state index is 5.24. The number of thiophene rings is 1. The van der Waals surface area contributed by atoms with Crippen molar-refractivity contribution >= 4 is 17.6 Å². The van der Waals surface area contributed by atoms with Crippen LogP contribution in [0.25, 0.3) is 0 Å². The topological polar surface area (TPSA) is 24.8 Å². The number of rotatable bonds is 2. The smallest absolute Gasteiger partial charge is 0.0659 e. The zero-order valence-corrected chi connectivity index (χ0v) is 9.09. The van der Waals surface area contributed by atoms with Gasteiger partial charge in [0.25, 0.3) is 0 Å². The van der Waals surface area contributed by atoms with Gasteiger partial charge in [-0.3, -0.25) is 5.01 Å². The molecule has 0 amide bonds. The molecular formula is C10H14N2OS. The average molecular weight is 210 g/mol. The predicted molar refractivity (Wildman–Crippen MR) is 59.0 cm³/mol. The van der Waals surface area contributed by atoms with Gasteiger partial charge in [0.2, 0.25) is 0 Å². The van der Waals surface area contributed by atoms with E-state index >= 15 is 0 Å². The maximum atomic E-state index is 5.24. The van der Waals surface area contributed by atoms with Gasteiger partial charge in [0.1, 0.15) is 0 Å². The predicted octanol–water partition coefficient (Wildman–Crippen LogP) is 1.72. The van der Waals surface area contributed by atoms with E-state index < -0.39 is 0 Å². The molecule has 1 saturated heterocycles. The second-order valence-corrected chi connectivity index (χ2v) is 4.58. The van der Waals surface area contributed by atoms with Crippen molar-refractivity contribution in [2.45, 2.75) is 6.92 Å². The van der Waals surface area contributed by atoms with Crippen molar-refractivity contribution in [2.24, 2.45) is 5.10 Å². The highest BCUT2D eigenvalue weighted by Gasteiger charge is 2.06. The van der Waals surface area contributed by atoms with Crippen molar-refractivity contribution in [1.29, 1.82) is 0 Å². The van der Waals surface area contributed by atoms with E-state index in [9.17, 15) is 0 Å². The Kier molecular flexibility index (Phi) is 3.16. The molecule has 1 aliphatic heterocycles. The molecule has 14 heavy (non-hydrogen) atoms. The Morgan fingerprint density at radius 1 is 1.43 bits per heavy atom. The van der Waals surface area contributed by atoms with E-state index in [1.807, 2.05) is 6.21 Å². The van der Waals surface area contributed by atoms with Crippen LogP contribution >= 0.6 is 11.3 Å². The minimum Gasteiger partial charge on any atom is -0.378 e. The summed E-state index contributed by atoms with van der Waals surface area (Å²) in [7, 11) is 0. The Hall–Kier alpha value is -0.870. The summed E-state index contributed by atoms with van der Waals surface area (Å²) >= 11 is 1.77. The van der Waals surface area contributed by atoms with Crippen LogP contribution in [-0.4, -0.2) is 37.5 Å². The molecule has 4 heteroatoms. The molecule has 1 aromatic heterocycles. The highest BCUT2D eigenvalue weighted by molar-refractivity contribution is 7.13. The number of hydrogen-bond donors (Lipinski definition) is 0. The van der Waals surface area contributed by atoms with Crippen LogP contribution in [0.5, 0.6) is 0 Å². The van der Waals surface area contributed by atoms with E-state index in [0.717, 1.165) is 26.3 Å². The fourth-order valence-electron chi connectivity index (χ4n) is 1.33. The lowest BCUT2D eigenvalue weighted by Crippen LogP contribution is -2.32. The molecule has 0 aromatic carbocycles. The minimum atomic E-state index is 0.792. The van der Waals surface area contributed by atoms with Crippen LogP contribution in [0.15, 0.2) is 17.2 Å². The third kappa shape index (κ3) is 2.56. The van der Waals surface area contributed by atoms with Crippen LogP contribution in [0, 0.1) is 6.92 Å². The summed E-state index contributed by atoms with van der Waals surface area (Å²) in [6, 6.07) is 4.22. The second kappa shape index (κ2) is 4.57. The average Bonchev–Trinajstić information content (AvgIpc) is 2.63. The van der Waals surface area contributed by atoms with Crippen LogP contribution in [0.3, 0.4) is 0 Å². The molecule has 0 spiro atoms. The summed E-state index contributed by atoms with van der Waals surface area (Å²) < 4.78 is 5.24. The van der Waals surface area contributed by atoms with Gasteiger partial charge in [0.05, 0.1) is 32.5 Å². The SMILES string of the molecule is Cc1ccc(C=NN2CCOCC2)s1. The Balaban J connectivity index is 1.92. The lowest BCUT2D eigenvalue weighted by atomic mass is 10.4. The van der Waals surface area contributed by atoms with Gasteiger partial charge < -0.3 is 4.74 Å². The van der Waals surface area contributed by atoms with Crippen LogP contribution in [0.1, 0.15) is 9.75 Å². The number of morpholine rings is 1. The summed E-state index contributed by atoms with van der Waals surface area (Å²) in [4.78, 5) is 2.54. The largest absolute Gasteiger partial charge is 0.378 e. The molecule has 76 valence electrons. The van der Waals surface area contributed by atoms with Crippen molar-refractivity contribution in [1.82, 2.24) is 5.01 Å². The van der Waals surface area contributed by atoms with Crippen molar-refractivity contribution in [3.8, 4) is 0 Å². The van der Waals surface area contributed by atoms with E-state index in [2.05, 4.69) is 29.2 Å². The molecule has 0 atom stereocenters. The maximum Gasteiger partial charge on any atom is 0.0659 e. The van der Waals surface area contributed by atoms with Crippen molar-refractivity contribution in [3.05, 3.63) is 21.9 Å². The lowest BCUT2D eigenvalue weighted by molar-refractivity contribution is 0.0397. The van der Waals surface area contributed by atoms with Gasteiger partial charge in [-0.25, -0.2) is 0 Å². The number of ether oxygens (including phenoxy) is 1. The first kappa shape index (κ1) is 9.68. The van der Waals surface area contributed by atoms with E-state index in [4.69, 9.17) is 4.74 Å². The fourth-order valence-corrected chi connectivity index (χ4v) is 2.07. The van der Waals surface area contributed by atoms with E-state index in [1.165, 1.54) is 9.75 Å². The summed E-state index contributed by atoms with van der Waals surface area (Å²) in [5.41, 5.74) is 0. The molecule has 3 nitrogen and oxygen atoms in total. The van der Waals surface area contributed by atoms with Gasteiger partial charge in [-0.1, -0.05) is 0 Å². The van der Waals surface area contributed by atoms with Gasteiger partial charge in [-0.05, 0) is 19.1 Å². The standard InChI is InChI=1S/C10H14N2OS/c1-9-2-3-10(14-9)8-11-12-4-6-13-7-5-12/h2-3,8H,4-7H2,1H3. The molecule has 0 aliphatic carbocycles. The van der Waals surface area contributed by atoms with Crippen LogP contribution in [0.2, 0.25) is 0 Å². The zero-order chi connectivity index (χ0) is 9.80. The molecule has 1 fully saturated rings. The molecule has 0 radical (unpaired) electrons. The molecular weight excluding hydrogens is 196 g/mol. The first-order valence-corrected chi connectivity index (χ1v) is 5.59. The number of aryl methyl sites for hydroxylation is 1. The third-order valence-corrected chi connectivity index (χ3v) is 3.03. The van der Waals surface area contributed by atoms with Crippen molar-refractivity contribution in [2.75, 3.05) is 26.3 Å². The van der Waals surface area contributed by atoms with Crippen LogP contribution in [-0.2, 0) is 4.74 Å². The monoisotopic (exact) mass is 210 g/mol. The van der Waals surface area contributed by atoms with E-state index in [0.29, 0.717) is 0 Å². The summed E-state index contributed by atoms with van der Waals surface area (Å²) in [6.45, 7) is 5.50. The highest BCUT2D eigenvalue weighted by Crippen LogP contribution is 2.12. The molecule has 1 aliphatic rings. The molecule has 1 aromatic rings. The molecule has 0 bridgehead atoms. The Morgan fingerprint density at radius 2 is 2.21 bits per heavy atom. The molecule has 0 unspecified atom stereocenters. The minimum absolute atomic E-state index is 0.792. The molecule has 0 saturated carbocycles. The van der Waals surface area contributed by atoms with Crippen molar-refractivity contribution in [3.63, 3.8) is 0 Å². The number of hydrazone groups is 1. The summed E-state index contributed by atoms with van der Waals surface area (Å²) in [5, 5.41) is 6.46. The normalized spacial score (nSPS) is 17.9. The summed E-state index contributed by atoms with van der Waals surface area (Å²) in [5.74, 6) is 0. The van der Waals surface area contributed by atoms with Gasteiger partial charge in [-0.15, -0.1) is 11.3 Å². The Bertz CT molecular complexity index is 316. The highest BCUT2D eigenvalue weighted by atomic mass is 32.1. The van der Waals surface area contributed by atoms with Crippen LogP contribution in [0.4, 0.5) is 0 Å². The van der Waals surface area contributed by atoms with E-state index in [1.54, 1.807) is 11.3 Å². The molecule has 0 N–H and O–H groups in total. The van der Waals surface area contributed by atoms with Gasteiger partial charge >= 0.3 is 0 Å². The Labute approximate surface area is 88.0 Å². The van der Waals surface area contributed by atoms with E-state index in [-0.39, 0.29) is 0 Å². The Morgan fingerprint density at radius 3 is 2.86 bits per heavy atom. The van der Waals surface area contributed by atoms with Crippen LogP contribution < -0.4 is 0 Å². The number of hydrogen-bond acceptors (Lipinski definition) is 4. The first-order valence-electron chi connectivity index (χ1n) is 4.78. The first-order chi connectivity index (χ1) is 6.84. The zero-order valence-electron chi connectivity index (χ0n) is 8.27. The quantitative estimate of drug-likeness (QED) is 0.694.